The maximum atomic E-state index is 11.9. The molecular weight excluding hydrogens is 262 g/mol. The first kappa shape index (κ1) is 13.5. The summed E-state index contributed by atoms with van der Waals surface area (Å²) in [6, 6.07) is 0. The van der Waals surface area contributed by atoms with Gasteiger partial charge in [0.1, 0.15) is 0 Å². The van der Waals surface area contributed by atoms with Crippen molar-refractivity contribution in [2.75, 3.05) is 6.54 Å². The Balaban J connectivity index is 2.07. The van der Waals surface area contributed by atoms with Crippen LogP contribution in [0.2, 0.25) is 0 Å². The Bertz CT molecular complexity index is 518. The number of aromatic nitrogens is 1. The summed E-state index contributed by atoms with van der Waals surface area (Å²) in [7, 11) is 0. The number of aryl methyl sites for hydroxylation is 1. The lowest BCUT2D eigenvalue weighted by atomic mass is 9.90. The molecule has 1 amide bonds. The van der Waals surface area contributed by atoms with Gasteiger partial charge in [-0.05, 0) is 19.3 Å². The molecule has 1 aliphatic rings. The van der Waals surface area contributed by atoms with Crippen molar-refractivity contribution in [3.05, 3.63) is 23.2 Å². The average Bonchev–Trinajstić information content (AvgIpc) is 2.75. The van der Waals surface area contributed by atoms with Crippen LogP contribution in [0.25, 0.3) is 0 Å². The number of thiazole rings is 1. The summed E-state index contributed by atoms with van der Waals surface area (Å²) in [5.41, 5.74) is 11.7. The Morgan fingerprint density at radius 1 is 1.63 bits per heavy atom. The van der Waals surface area contributed by atoms with Crippen molar-refractivity contribution in [1.82, 2.24) is 10.3 Å². The van der Waals surface area contributed by atoms with Gasteiger partial charge in [-0.25, -0.2) is 4.98 Å². The molecule has 0 fully saturated rings. The van der Waals surface area contributed by atoms with Crippen LogP contribution in [0, 0.1) is 5.92 Å². The first-order chi connectivity index (χ1) is 9.10. The van der Waals surface area contributed by atoms with Gasteiger partial charge in [0.2, 0.25) is 11.0 Å². The van der Waals surface area contributed by atoms with Gasteiger partial charge in [0, 0.05) is 17.3 Å². The first-order valence-corrected chi connectivity index (χ1v) is 6.88. The van der Waals surface area contributed by atoms with E-state index in [4.69, 9.17) is 11.5 Å². The Morgan fingerprint density at radius 3 is 3.11 bits per heavy atom. The Kier molecular flexibility index (Phi) is 4.16. The van der Waals surface area contributed by atoms with Crippen LogP contribution in [0.4, 0.5) is 5.13 Å². The molecule has 19 heavy (non-hydrogen) atoms. The molecule has 1 aliphatic carbocycles. The minimum absolute atomic E-state index is 0.0000435. The van der Waals surface area contributed by atoms with Gasteiger partial charge in [0.25, 0.3) is 0 Å². The molecule has 102 valence electrons. The smallest absolute Gasteiger partial charge is 0.223 e. The Morgan fingerprint density at radius 2 is 2.42 bits per heavy atom. The summed E-state index contributed by atoms with van der Waals surface area (Å²) in [4.78, 5) is 21.3. The summed E-state index contributed by atoms with van der Waals surface area (Å²) in [5.74, 6) is 0.0775. The molecule has 0 aliphatic heterocycles. The molecule has 5 N–H and O–H groups in total. The maximum absolute atomic E-state index is 11.9. The monoisotopic (exact) mass is 279 g/mol. The maximum Gasteiger partial charge on any atom is 0.223 e. The van der Waals surface area contributed by atoms with Crippen molar-refractivity contribution in [1.29, 1.82) is 0 Å². The first-order valence-electron chi connectivity index (χ1n) is 6.07. The van der Waals surface area contributed by atoms with E-state index in [1.165, 1.54) is 11.3 Å². The fourth-order valence-corrected chi connectivity index (χ4v) is 3.14. The molecule has 6 nitrogen and oxygen atoms in total. The van der Waals surface area contributed by atoms with Gasteiger partial charge in [-0.1, -0.05) is 17.4 Å². The highest BCUT2D eigenvalue weighted by molar-refractivity contribution is 7.15. The summed E-state index contributed by atoms with van der Waals surface area (Å²) in [6.07, 6.45) is 3.98. The molecule has 0 aromatic carbocycles. The minimum Gasteiger partial charge on any atom is -0.370 e. The van der Waals surface area contributed by atoms with E-state index in [0.29, 0.717) is 18.1 Å². The molecule has 0 saturated carbocycles. The summed E-state index contributed by atoms with van der Waals surface area (Å²) >= 11 is 1.45. The van der Waals surface area contributed by atoms with Crippen LogP contribution in [-0.2, 0) is 17.6 Å². The van der Waals surface area contributed by atoms with E-state index >= 15 is 0 Å². The fourth-order valence-electron chi connectivity index (χ4n) is 2.06. The quantitative estimate of drug-likeness (QED) is 0.423. The molecule has 0 bridgehead atoms. The SMILES string of the molecule is C=CCNC(=O)C1CCc2nc(N=C(N)N)sc2C1. The Hall–Kier alpha value is -1.89. The highest BCUT2D eigenvalue weighted by atomic mass is 32.1. The number of rotatable bonds is 4. The number of carbonyl (C=O) groups is 1. The normalized spacial score (nSPS) is 17.4. The molecule has 7 heteroatoms. The predicted octanol–water partition coefficient (Wildman–Crippen LogP) is 0.455. The number of nitrogens with zero attached hydrogens (tertiary/aromatic N) is 2. The molecule has 1 aromatic heterocycles. The van der Waals surface area contributed by atoms with Crippen molar-refractivity contribution in [2.45, 2.75) is 19.3 Å². The number of carbonyl (C=O) groups excluding carboxylic acids is 1. The van der Waals surface area contributed by atoms with Crippen LogP contribution >= 0.6 is 11.3 Å². The van der Waals surface area contributed by atoms with E-state index in [-0.39, 0.29) is 17.8 Å². The van der Waals surface area contributed by atoms with Gasteiger partial charge in [0.15, 0.2) is 5.96 Å². The average molecular weight is 279 g/mol. The molecule has 1 heterocycles. The number of amides is 1. The highest BCUT2D eigenvalue weighted by Crippen LogP contribution is 2.33. The zero-order valence-electron chi connectivity index (χ0n) is 10.6. The number of guanidine groups is 1. The lowest BCUT2D eigenvalue weighted by Gasteiger charge is -2.19. The fraction of sp³-hybridized carbons (Fsp3) is 0.417. The van der Waals surface area contributed by atoms with Crippen LogP contribution in [-0.4, -0.2) is 23.4 Å². The van der Waals surface area contributed by atoms with Crippen molar-refractivity contribution in [3.8, 4) is 0 Å². The van der Waals surface area contributed by atoms with Crippen molar-refractivity contribution in [3.63, 3.8) is 0 Å². The molecule has 0 spiro atoms. The second-order valence-electron chi connectivity index (χ2n) is 4.38. The van der Waals surface area contributed by atoms with Crippen LogP contribution < -0.4 is 16.8 Å². The second kappa shape index (κ2) is 5.83. The Labute approximate surface area is 115 Å². The van der Waals surface area contributed by atoms with E-state index in [1.54, 1.807) is 6.08 Å². The standard InChI is InChI=1S/C12H17N5OS/c1-2-5-15-10(18)7-3-4-8-9(6-7)19-12(16-8)17-11(13)14/h2,7H,1,3-6H2,(H,15,18)(H4,13,14,16,17). The van der Waals surface area contributed by atoms with Crippen molar-refractivity contribution < 1.29 is 4.79 Å². The number of hydrogen-bond acceptors (Lipinski definition) is 4. The number of aliphatic imine (C=N–C) groups is 1. The van der Waals surface area contributed by atoms with Crippen LogP contribution in [0.5, 0.6) is 0 Å². The highest BCUT2D eigenvalue weighted by Gasteiger charge is 2.27. The van der Waals surface area contributed by atoms with Gasteiger partial charge < -0.3 is 16.8 Å². The largest absolute Gasteiger partial charge is 0.370 e. The second-order valence-corrected chi connectivity index (χ2v) is 5.44. The van der Waals surface area contributed by atoms with Gasteiger partial charge in [0.05, 0.1) is 5.69 Å². The molecular formula is C12H17N5OS. The third-order valence-electron chi connectivity index (χ3n) is 2.94. The van der Waals surface area contributed by atoms with E-state index in [9.17, 15) is 4.79 Å². The van der Waals surface area contributed by atoms with Crippen LogP contribution in [0.1, 0.15) is 17.0 Å². The van der Waals surface area contributed by atoms with Gasteiger partial charge in [-0.2, -0.15) is 4.99 Å². The van der Waals surface area contributed by atoms with E-state index in [2.05, 4.69) is 21.9 Å². The zero-order valence-corrected chi connectivity index (χ0v) is 11.4. The molecule has 1 unspecified atom stereocenters. The third kappa shape index (κ3) is 3.31. The molecule has 1 atom stereocenters. The predicted molar refractivity (Wildman–Crippen MR) is 76.3 cm³/mol. The van der Waals surface area contributed by atoms with Gasteiger partial charge >= 0.3 is 0 Å². The summed E-state index contributed by atoms with van der Waals surface area (Å²) in [6.45, 7) is 4.09. The summed E-state index contributed by atoms with van der Waals surface area (Å²) < 4.78 is 0. The number of nitrogens with two attached hydrogens (primary N) is 2. The number of hydrogen-bond donors (Lipinski definition) is 3. The van der Waals surface area contributed by atoms with Crippen molar-refractivity contribution in [2.24, 2.45) is 22.4 Å². The van der Waals surface area contributed by atoms with Gasteiger partial charge in [-0.3, -0.25) is 4.79 Å². The topological polar surface area (TPSA) is 106 Å². The molecule has 0 radical (unpaired) electrons. The van der Waals surface area contributed by atoms with Crippen LogP contribution in [0.15, 0.2) is 17.6 Å². The lowest BCUT2D eigenvalue weighted by molar-refractivity contribution is -0.125. The minimum atomic E-state index is -0.0000435. The van der Waals surface area contributed by atoms with Crippen LogP contribution in [0.3, 0.4) is 0 Å². The third-order valence-corrected chi connectivity index (χ3v) is 3.96. The molecule has 0 saturated heterocycles. The lowest BCUT2D eigenvalue weighted by Crippen LogP contribution is -2.33. The van der Waals surface area contributed by atoms with E-state index < -0.39 is 0 Å². The van der Waals surface area contributed by atoms with E-state index in [0.717, 1.165) is 23.4 Å². The number of fused-ring (bicyclic) bond motifs is 1. The number of nitrogens with one attached hydrogen (secondary N) is 1. The molecule has 2 rings (SSSR count). The molecule has 1 aromatic rings. The zero-order chi connectivity index (χ0) is 13.8. The van der Waals surface area contributed by atoms with E-state index in [1.807, 2.05) is 0 Å². The summed E-state index contributed by atoms with van der Waals surface area (Å²) in [5, 5.41) is 3.40. The van der Waals surface area contributed by atoms with Gasteiger partial charge in [-0.15, -0.1) is 6.58 Å². The van der Waals surface area contributed by atoms with Crippen molar-refractivity contribution >= 4 is 28.3 Å².